The minimum Gasteiger partial charge on any atom is -0.488 e. The van der Waals surface area contributed by atoms with Crippen LogP contribution in [-0.4, -0.2) is 65.7 Å². The van der Waals surface area contributed by atoms with Crippen LogP contribution in [0.5, 0.6) is 5.75 Å². The first kappa shape index (κ1) is 32.8. The second-order valence-electron chi connectivity index (χ2n) is 11.8. The molecule has 1 heterocycles. The highest BCUT2D eigenvalue weighted by atomic mass is 19.4. The van der Waals surface area contributed by atoms with E-state index in [1.807, 2.05) is 61.3 Å². The van der Waals surface area contributed by atoms with Gasteiger partial charge in [-0.2, -0.15) is 13.2 Å². The second kappa shape index (κ2) is 13.8. The zero-order chi connectivity index (χ0) is 33.0. The smallest absolute Gasteiger partial charge is 0.416 e. The molecule has 0 bridgehead atoms. The zero-order valence-corrected chi connectivity index (χ0v) is 25.8. The Bertz CT molecular complexity index is 1690. The molecule has 1 aliphatic rings. The minimum atomic E-state index is -4.40. The Morgan fingerprint density at radius 2 is 1.76 bits per heavy atom. The normalized spacial score (nSPS) is 17.6. The lowest BCUT2D eigenvalue weighted by Crippen LogP contribution is -2.49. The van der Waals surface area contributed by atoms with Crippen LogP contribution in [0.25, 0.3) is 10.8 Å². The van der Waals surface area contributed by atoms with Crippen LogP contribution >= 0.6 is 0 Å². The molecule has 4 aromatic rings. The molecule has 3 amide bonds. The fourth-order valence-electron chi connectivity index (χ4n) is 5.62. The van der Waals surface area contributed by atoms with Crippen molar-refractivity contribution in [2.24, 2.45) is 5.92 Å². The van der Waals surface area contributed by atoms with Gasteiger partial charge in [0, 0.05) is 36.6 Å². The number of hydrogen-bond donors (Lipinski definition) is 3. The number of amides is 3. The number of likely N-dealkylation sites (N-methyl/N-ethyl adjacent to an activating group) is 1. The van der Waals surface area contributed by atoms with E-state index >= 15 is 0 Å². The van der Waals surface area contributed by atoms with Crippen molar-refractivity contribution in [2.45, 2.75) is 38.7 Å². The largest absolute Gasteiger partial charge is 0.488 e. The van der Waals surface area contributed by atoms with Crippen LogP contribution in [0.1, 0.15) is 35.3 Å². The zero-order valence-electron chi connectivity index (χ0n) is 25.8. The molecule has 11 heteroatoms. The number of benzene rings is 4. The topological polar surface area (TPSA) is 94.1 Å². The Morgan fingerprint density at radius 3 is 2.48 bits per heavy atom. The van der Waals surface area contributed by atoms with Crippen molar-refractivity contribution in [3.8, 4) is 5.75 Å². The number of anilines is 2. The number of carbonyl (C=O) groups is 2. The molecule has 8 nitrogen and oxygen atoms in total. The van der Waals surface area contributed by atoms with E-state index in [0.717, 1.165) is 28.5 Å². The number of urea groups is 1. The quantitative estimate of drug-likeness (QED) is 0.197. The van der Waals surface area contributed by atoms with Crippen LogP contribution in [0.3, 0.4) is 0 Å². The maximum absolute atomic E-state index is 13.8. The molecule has 3 atom stereocenters. The van der Waals surface area contributed by atoms with Gasteiger partial charge in [-0.15, -0.1) is 0 Å². The molecule has 0 saturated heterocycles. The van der Waals surface area contributed by atoms with E-state index in [1.54, 1.807) is 30.0 Å². The molecule has 0 unspecified atom stereocenters. The number of ether oxygens (including phenoxy) is 1. The van der Waals surface area contributed by atoms with E-state index in [4.69, 9.17) is 4.74 Å². The summed E-state index contributed by atoms with van der Waals surface area (Å²) in [4.78, 5) is 30.4. The van der Waals surface area contributed by atoms with Gasteiger partial charge in [0.1, 0.15) is 11.9 Å². The molecule has 0 saturated carbocycles. The van der Waals surface area contributed by atoms with E-state index in [1.165, 1.54) is 12.1 Å². The van der Waals surface area contributed by atoms with Gasteiger partial charge >= 0.3 is 12.2 Å². The van der Waals surface area contributed by atoms with Gasteiger partial charge in [-0.05, 0) is 61.3 Å². The third-order valence-electron chi connectivity index (χ3n) is 8.19. The molecule has 0 aromatic heterocycles. The number of alkyl halides is 3. The molecule has 3 N–H and O–H groups in total. The van der Waals surface area contributed by atoms with Gasteiger partial charge < -0.3 is 25.4 Å². The Kier molecular flexibility index (Phi) is 9.83. The molecule has 0 spiro atoms. The molecule has 0 fully saturated rings. The van der Waals surface area contributed by atoms with Crippen molar-refractivity contribution in [1.29, 1.82) is 0 Å². The van der Waals surface area contributed by atoms with Crippen LogP contribution < -0.4 is 15.4 Å². The van der Waals surface area contributed by atoms with Crippen molar-refractivity contribution >= 4 is 34.1 Å². The molecule has 0 radical (unpaired) electrons. The van der Waals surface area contributed by atoms with E-state index in [-0.39, 0.29) is 24.0 Å². The highest BCUT2D eigenvalue weighted by Crippen LogP contribution is 2.32. The molecule has 4 aromatic carbocycles. The van der Waals surface area contributed by atoms with E-state index in [0.29, 0.717) is 36.8 Å². The maximum atomic E-state index is 13.8. The first-order chi connectivity index (χ1) is 21.9. The molecule has 46 heavy (non-hydrogen) atoms. The number of aliphatic hydroxyl groups is 1. The van der Waals surface area contributed by atoms with Crippen LogP contribution in [0.15, 0.2) is 84.9 Å². The first-order valence-electron chi connectivity index (χ1n) is 15.1. The van der Waals surface area contributed by atoms with Crippen molar-refractivity contribution in [2.75, 3.05) is 37.4 Å². The molecule has 242 valence electrons. The Labute approximate surface area is 265 Å². The van der Waals surface area contributed by atoms with Gasteiger partial charge in [0.25, 0.3) is 5.91 Å². The number of aliphatic hydroxyl groups excluding tert-OH is 1. The lowest BCUT2D eigenvalue weighted by atomic mass is 9.99. The first-order valence-corrected chi connectivity index (χ1v) is 15.1. The summed E-state index contributed by atoms with van der Waals surface area (Å²) in [5.74, 6) is -0.150. The number of carbonyl (C=O) groups excluding carboxylic acids is 2. The third-order valence-corrected chi connectivity index (χ3v) is 8.19. The minimum absolute atomic E-state index is 0.148. The second-order valence-corrected chi connectivity index (χ2v) is 11.8. The SMILES string of the molecule is C[C@H]1CN([C@@H](C)CO)C(=O)c2cc(NC(=O)Nc3cccc4ccccc34)ccc2O[C@@H]1CN(C)Cc1ccc(C(F)(F)F)cc1. The number of nitrogens with zero attached hydrogens (tertiary/aromatic N) is 2. The van der Waals surface area contributed by atoms with Gasteiger partial charge in [0.05, 0.1) is 29.5 Å². The van der Waals surface area contributed by atoms with Crippen molar-refractivity contribution in [3.05, 3.63) is 102 Å². The highest BCUT2D eigenvalue weighted by Gasteiger charge is 2.34. The van der Waals surface area contributed by atoms with Gasteiger partial charge in [0.2, 0.25) is 0 Å². The summed E-state index contributed by atoms with van der Waals surface area (Å²) in [5.41, 5.74) is 1.29. The molecule has 1 aliphatic heterocycles. The Hall–Kier alpha value is -4.61. The standard InChI is InChI=1S/C35H37F3N4O4/c1-22-18-42(23(2)21-43)33(44)29-17-27(39-34(45)40-30-10-6-8-25-7-4-5-9-28(25)30)15-16-31(29)46-32(22)20-41(3)19-24-11-13-26(14-12-24)35(36,37)38/h4-17,22-23,32,43H,18-21H2,1-3H3,(H2,39,40,45)/t22-,23-,32+/m0/s1. The average molecular weight is 635 g/mol. The van der Waals surface area contributed by atoms with Crippen molar-refractivity contribution < 1.29 is 32.6 Å². The van der Waals surface area contributed by atoms with E-state index in [2.05, 4.69) is 10.6 Å². The predicted octanol–water partition coefficient (Wildman–Crippen LogP) is 6.85. The number of halogens is 3. The lowest BCUT2D eigenvalue weighted by Gasteiger charge is -2.38. The van der Waals surface area contributed by atoms with Crippen LogP contribution in [-0.2, 0) is 12.7 Å². The van der Waals surface area contributed by atoms with Crippen LogP contribution in [0, 0.1) is 5.92 Å². The molecule has 5 rings (SSSR count). The molecule has 0 aliphatic carbocycles. The van der Waals surface area contributed by atoms with Gasteiger partial charge in [-0.1, -0.05) is 55.5 Å². The van der Waals surface area contributed by atoms with Crippen LogP contribution in [0.4, 0.5) is 29.3 Å². The lowest BCUT2D eigenvalue weighted by molar-refractivity contribution is -0.137. The molecular weight excluding hydrogens is 597 g/mol. The number of fused-ring (bicyclic) bond motifs is 2. The van der Waals surface area contributed by atoms with Crippen molar-refractivity contribution in [3.63, 3.8) is 0 Å². The average Bonchev–Trinajstić information content (AvgIpc) is 3.02. The summed E-state index contributed by atoms with van der Waals surface area (Å²) >= 11 is 0. The number of nitrogens with one attached hydrogen (secondary N) is 2. The highest BCUT2D eigenvalue weighted by molar-refractivity contribution is 6.07. The number of rotatable bonds is 8. The monoisotopic (exact) mass is 634 g/mol. The summed E-state index contributed by atoms with van der Waals surface area (Å²) in [6.45, 7) is 4.60. The number of hydrogen-bond acceptors (Lipinski definition) is 5. The maximum Gasteiger partial charge on any atom is 0.416 e. The van der Waals surface area contributed by atoms with Gasteiger partial charge in [0.15, 0.2) is 0 Å². The van der Waals surface area contributed by atoms with E-state index < -0.39 is 29.9 Å². The van der Waals surface area contributed by atoms with Gasteiger partial charge in [-0.3, -0.25) is 9.69 Å². The van der Waals surface area contributed by atoms with E-state index in [9.17, 15) is 27.9 Å². The summed E-state index contributed by atoms with van der Waals surface area (Å²) in [6, 6.07) is 22.3. The predicted molar refractivity (Wildman–Crippen MR) is 172 cm³/mol. The fourth-order valence-corrected chi connectivity index (χ4v) is 5.62. The Morgan fingerprint density at radius 1 is 1.04 bits per heavy atom. The summed E-state index contributed by atoms with van der Waals surface area (Å²) in [6.07, 6.45) is -4.79. The van der Waals surface area contributed by atoms with Crippen LogP contribution in [0.2, 0.25) is 0 Å². The summed E-state index contributed by atoms with van der Waals surface area (Å²) in [5, 5.41) is 17.5. The van der Waals surface area contributed by atoms with Gasteiger partial charge in [-0.25, -0.2) is 4.79 Å². The summed E-state index contributed by atoms with van der Waals surface area (Å²) < 4.78 is 45.4. The van der Waals surface area contributed by atoms with Crippen molar-refractivity contribution in [1.82, 2.24) is 9.80 Å². The summed E-state index contributed by atoms with van der Waals surface area (Å²) in [7, 11) is 1.86. The Balaban J connectivity index is 1.35. The fraction of sp³-hybridized carbons (Fsp3) is 0.314. The molecular formula is C35H37F3N4O4. The third kappa shape index (κ3) is 7.60.